The number of furan rings is 1. The Balaban J connectivity index is 1.83. The van der Waals surface area contributed by atoms with E-state index in [9.17, 15) is 14.9 Å². The number of thioether (sulfide) groups is 1. The molecule has 1 atom stereocenters. The maximum Gasteiger partial charge on any atom is 0.311 e. The fourth-order valence-corrected chi connectivity index (χ4v) is 3.62. The van der Waals surface area contributed by atoms with E-state index in [-0.39, 0.29) is 22.6 Å². The van der Waals surface area contributed by atoms with E-state index >= 15 is 0 Å². The highest BCUT2D eigenvalue weighted by molar-refractivity contribution is 8.24. The number of hydrogen-bond acceptors (Lipinski definition) is 7. The molecule has 1 aromatic heterocycles. The SMILES string of the molecule is COc1ccc(-c2ccc(CC3SC(=S)NC3=O)o2)cc1[N+](=O)[O-]. The fourth-order valence-electron chi connectivity index (χ4n) is 2.34. The fraction of sp³-hybridized carbons (Fsp3) is 0.200. The van der Waals surface area contributed by atoms with Gasteiger partial charge in [-0.3, -0.25) is 14.9 Å². The van der Waals surface area contributed by atoms with E-state index in [1.807, 2.05) is 0 Å². The van der Waals surface area contributed by atoms with Crippen LogP contribution in [0.4, 0.5) is 5.69 Å². The lowest BCUT2D eigenvalue weighted by Crippen LogP contribution is -2.25. The Hall–Kier alpha value is -2.39. The van der Waals surface area contributed by atoms with E-state index in [0.29, 0.717) is 27.8 Å². The van der Waals surface area contributed by atoms with Crippen molar-refractivity contribution in [2.75, 3.05) is 7.11 Å². The summed E-state index contributed by atoms with van der Waals surface area (Å²) in [5.74, 6) is 1.15. The number of amides is 1. The molecule has 1 aliphatic heterocycles. The molecule has 2 aromatic rings. The van der Waals surface area contributed by atoms with Gasteiger partial charge in [-0.05, 0) is 24.3 Å². The first-order valence-electron chi connectivity index (χ1n) is 6.91. The maximum atomic E-state index is 11.7. The van der Waals surface area contributed by atoms with Gasteiger partial charge >= 0.3 is 5.69 Å². The minimum absolute atomic E-state index is 0.135. The number of ether oxygens (including phenoxy) is 1. The second-order valence-electron chi connectivity index (χ2n) is 5.00. The molecule has 7 nitrogen and oxygen atoms in total. The average molecular weight is 364 g/mol. The lowest BCUT2D eigenvalue weighted by atomic mass is 10.1. The number of carbonyl (C=O) groups is 1. The van der Waals surface area contributed by atoms with Crippen LogP contribution in [0.1, 0.15) is 5.76 Å². The van der Waals surface area contributed by atoms with Crippen molar-refractivity contribution in [3.63, 3.8) is 0 Å². The molecule has 1 fully saturated rings. The number of nitro groups is 1. The van der Waals surface area contributed by atoms with Crippen molar-refractivity contribution in [3.8, 4) is 17.1 Å². The number of rotatable bonds is 5. The summed E-state index contributed by atoms with van der Waals surface area (Å²) >= 11 is 6.25. The molecule has 9 heteroatoms. The van der Waals surface area contributed by atoms with E-state index in [1.54, 1.807) is 18.2 Å². The Morgan fingerprint density at radius 3 is 2.83 bits per heavy atom. The van der Waals surface area contributed by atoms with Gasteiger partial charge in [-0.25, -0.2) is 0 Å². The molecule has 0 aliphatic carbocycles. The first-order chi connectivity index (χ1) is 11.5. The summed E-state index contributed by atoms with van der Waals surface area (Å²) in [5, 5.41) is 13.4. The van der Waals surface area contributed by atoms with Gasteiger partial charge in [0.2, 0.25) is 5.91 Å². The summed E-state index contributed by atoms with van der Waals surface area (Å²) in [5.41, 5.74) is 0.428. The quantitative estimate of drug-likeness (QED) is 0.495. The van der Waals surface area contributed by atoms with Crippen LogP contribution in [0.25, 0.3) is 11.3 Å². The summed E-state index contributed by atoms with van der Waals surface area (Å²) in [6.07, 6.45) is 0.398. The lowest BCUT2D eigenvalue weighted by molar-refractivity contribution is -0.385. The van der Waals surface area contributed by atoms with Crippen LogP contribution in [-0.2, 0) is 11.2 Å². The van der Waals surface area contributed by atoms with Gasteiger partial charge in [0, 0.05) is 18.1 Å². The van der Waals surface area contributed by atoms with Gasteiger partial charge in [0.05, 0.1) is 17.3 Å². The van der Waals surface area contributed by atoms with Crippen molar-refractivity contribution < 1.29 is 18.9 Å². The van der Waals surface area contributed by atoms with Crippen LogP contribution in [0.3, 0.4) is 0 Å². The number of hydrogen-bond donors (Lipinski definition) is 1. The molecule has 1 unspecified atom stereocenters. The second-order valence-corrected chi connectivity index (χ2v) is 6.88. The molecule has 124 valence electrons. The topological polar surface area (TPSA) is 94.6 Å². The number of nitrogens with one attached hydrogen (secondary N) is 1. The van der Waals surface area contributed by atoms with Crippen molar-refractivity contribution >= 4 is 39.9 Å². The zero-order chi connectivity index (χ0) is 17.3. The third-order valence-electron chi connectivity index (χ3n) is 3.48. The monoisotopic (exact) mass is 364 g/mol. The van der Waals surface area contributed by atoms with Crippen LogP contribution in [0, 0.1) is 10.1 Å². The molecular weight excluding hydrogens is 352 g/mol. The minimum Gasteiger partial charge on any atom is -0.490 e. The summed E-state index contributed by atoms with van der Waals surface area (Å²) in [7, 11) is 1.38. The standard InChI is InChI=1S/C15H12N2O5S2/c1-21-12-4-2-8(6-10(12)17(19)20)11-5-3-9(22-11)7-13-14(18)16-15(23)24-13/h2-6,13H,7H2,1H3,(H,16,18,23). The molecule has 1 aliphatic rings. The van der Waals surface area contributed by atoms with E-state index < -0.39 is 4.92 Å². The highest BCUT2D eigenvalue weighted by Gasteiger charge is 2.30. The number of methoxy groups -OCH3 is 1. The Kier molecular flexibility index (Phi) is 4.54. The Morgan fingerprint density at radius 2 is 2.21 bits per heavy atom. The van der Waals surface area contributed by atoms with Crippen LogP contribution in [0.15, 0.2) is 34.7 Å². The summed E-state index contributed by atoms with van der Waals surface area (Å²) in [6, 6.07) is 8.07. The number of nitro benzene ring substituents is 1. The first-order valence-corrected chi connectivity index (χ1v) is 8.19. The van der Waals surface area contributed by atoms with Gasteiger partial charge in [-0.1, -0.05) is 24.0 Å². The third-order valence-corrected chi connectivity index (χ3v) is 4.85. The highest BCUT2D eigenvalue weighted by Crippen LogP contribution is 2.33. The third kappa shape index (κ3) is 3.26. The minimum atomic E-state index is -0.507. The molecule has 0 radical (unpaired) electrons. The van der Waals surface area contributed by atoms with E-state index in [0.717, 1.165) is 0 Å². The van der Waals surface area contributed by atoms with Crippen molar-refractivity contribution in [3.05, 3.63) is 46.2 Å². The lowest BCUT2D eigenvalue weighted by Gasteiger charge is -2.04. The zero-order valence-corrected chi connectivity index (χ0v) is 14.1. The molecule has 1 aromatic carbocycles. The molecule has 3 rings (SSSR count). The molecule has 1 N–H and O–H groups in total. The van der Waals surface area contributed by atoms with Crippen LogP contribution in [0.2, 0.25) is 0 Å². The van der Waals surface area contributed by atoms with Crippen molar-refractivity contribution in [1.82, 2.24) is 5.32 Å². The molecule has 0 spiro atoms. The molecule has 0 saturated carbocycles. The predicted octanol–water partition coefficient (Wildman–Crippen LogP) is 2.92. The Bertz CT molecular complexity index is 833. The van der Waals surface area contributed by atoms with E-state index in [2.05, 4.69) is 5.32 Å². The summed E-state index contributed by atoms with van der Waals surface area (Å²) in [6.45, 7) is 0. The average Bonchev–Trinajstić information content (AvgIpc) is 3.13. The van der Waals surface area contributed by atoms with Crippen molar-refractivity contribution in [2.45, 2.75) is 11.7 Å². The van der Waals surface area contributed by atoms with Gasteiger partial charge in [-0.15, -0.1) is 0 Å². The second kappa shape index (κ2) is 6.62. The molecule has 24 heavy (non-hydrogen) atoms. The van der Waals surface area contributed by atoms with Crippen molar-refractivity contribution in [2.24, 2.45) is 0 Å². The molecular formula is C15H12N2O5S2. The largest absolute Gasteiger partial charge is 0.490 e. The van der Waals surface area contributed by atoms with E-state index in [1.165, 1.54) is 31.0 Å². The van der Waals surface area contributed by atoms with Crippen LogP contribution in [-0.4, -0.2) is 27.5 Å². The molecule has 0 bridgehead atoms. The number of nitrogens with zero attached hydrogens (tertiary/aromatic N) is 1. The smallest absolute Gasteiger partial charge is 0.311 e. The van der Waals surface area contributed by atoms with Gasteiger partial charge < -0.3 is 14.5 Å². The number of thiocarbonyl (C=S) groups is 1. The highest BCUT2D eigenvalue weighted by atomic mass is 32.2. The van der Waals surface area contributed by atoms with Gasteiger partial charge in [-0.2, -0.15) is 0 Å². The van der Waals surface area contributed by atoms with Gasteiger partial charge in [0.25, 0.3) is 0 Å². The van der Waals surface area contributed by atoms with Gasteiger partial charge in [0.1, 0.15) is 15.8 Å². The predicted molar refractivity (Wildman–Crippen MR) is 93.2 cm³/mol. The molecule has 2 heterocycles. The Labute approximate surface area is 146 Å². The van der Waals surface area contributed by atoms with Crippen LogP contribution < -0.4 is 10.1 Å². The first kappa shape index (κ1) is 16.5. The zero-order valence-electron chi connectivity index (χ0n) is 12.5. The number of benzene rings is 1. The van der Waals surface area contributed by atoms with Crippen LogP contribution >= 0.6 is 24.0 Å². The van der Waals surface area contributed by atoms with Crippen LogP contribution in [0.5, 0.6) is 5.75 Å². The summed E-state index contributed by atoms with van der Waals surface area (Å²) in [4.78, 5) is 22.3. The molecule has 1 saturated heterocycles. The summed E-state index contributed by atoms with van der Waals surface area (Å²) < 4.78 is 11.2. The van der Waals surface area contributed by atoms with Gasteiger partial charge in [0.15, 0.2) is 5.75 Å². The number of carbonyl (C=O) groups excluding carboxylic acids is 1. The Morgan fingerprint density at radius 1 is 1.42 bits per heavy atom. The molecule has 1 amide bonds. The normalized spacial score (nSPS) is 17.0. The maximum absolute atomic E-state index is 11.7. The van der Waals surface area contributed by atoms with E-state index in [4.69, 9.17) is 21.4 Å². The van der Waals surface area contributed by atoms with Crippen molar-refractivity contribution in [1.29, 1.82) is 0 Å².